The number of amides is 1. The van der Waals surface area contributed by atoms with E-state index >= 15 is 0 Å². The molecule has 1 fully saturated rings. The Morgan fingerprint density at radius 3 is 2.25 bits per heavy atom. The summed E-state index contributed by atoms with van der Waals surface area (Å²) in [6.45, 7) is 8.55. The summed E-state index contributed by atoms with van der Waals surface area (Å²) in [5, 5.41) is 3.12. The van der Waals surface area contributed by atoms with Crippen LogP contribution in [0.4, 0.5) is 0 Å². The molecule has 1 rings (SSSR count). The standard InChI is InChI=1S/C15H28N2O3/c1-15(2,3)20-14(19)8-10-16-9-7-13(18)17-11-5-4-6-12-17/h16H,4-12H2,1-3H3. The van der Waals surface area contributed by atoms with Gasteiger partial charge in [0.25, 0.3) is 0 Å². The molecule has 0 bridgehead atoms. The Kier molecular flexibility index (Phi) is 6.99. The van der Waals surface area contributed by atoms with Crippen LogP contribution in [0.1, 0.15) is 52.9 Å². The molecule has 0 unspecified atom stereocenters. The number of likely N-dealkylation sites (tertiary alicyclic amines) is 1. The molecule has 5 heteroatoms. The maximum atomic E-state index is 11.9. The highest BCUT2D eigenvalue weighted by Gasteiger charge is 2.17. The van der Waals surface area contributed by atoms with Crippen LogP contribution in [0.25, 0.3) is 0 Å². The molecule has 0 aromatic rings. The maximum absolute atomic E-state index is 11.9. The zero-order valence-electron chi connectivity index (χ0n) is 13.0. The molecule has 0 spiro atoms. The average Bonchev–Trinajstić information content (AvgIpc) is 2.37. The second-order valence-electron chi connectivity index (χ2n) is 6.28. The van der Waals surface area contributed by atoms with E-state index in [1.54, 1.807) is 0 Å². The van der Waals surface area contributed by atoms with Gasteiger partial charge in [0, 0.05) is 32.6 Å². The summed E-state index contributed by atoms with van der Waals surface area (Å²) < 4.78 is 5.21. The van der Waals surface area contributed by atoms with E-state index in [4.69, 9.17) is 4.74 Å². The fraction of sp³-hybridized carbons (Fsp3) is 0.867. The lowest BCUT2D eigenvalue weighted by Crippen LogP contribution is -2.37. The van der Waals surface area contributed by atoms with E-state index in [0.29, 0.717) is 25.9 Å². The van der Waals surface area contributed by atoms with Crippen LogP contribution in [0, 0.1) is 0 Å². The number of ether oxygens (including phenoxy) is 1. The highest BCUT2D eigenvalue weighted by Crippen LogP contribution is 2.09. The van der Waals surface area contributed by atoms with E-state index in [1.807, 2.05) is 25.7 Å². The number of rotatable bonds is 6. The zero-order valence-corrected chi connectivity index (χ0v) is 13.0. The lowest BCUT2D eigenvalue weighted by molar-refractivity contribution is -0.154. The number of carbonyl (C=O) groups excluding carboxylic acids is 2. The van der Waals surface area contributed by atoms with Gasteiger partial charge in [-0.3, -0.25) is 9.59 Å². The fourth-order valence-electron chi connectivity index (χ4n) is 2.20. The summed E-state index contributed by atoms with van der Waals surface area (Å²) in [7, 11) is 0. The van der Waals surface area contributed by atoms with Crippen molar-refractivity contribution in [2.24, 2.45) is 0 Å². The molecule has 1 N–H and O–H groups in total. The Hall–Kier alpha value is -1.10. The monoisotopic (exact) mass is 284 g/mol. The van der Waals surface area contributed by atoms with Gasteiger partial charge in [-0.1, -0.05) is 0 Å². The van der Waals surface area contributed by atoms with Crippen LogP contribution in [0.3, 0.4) is 0 Å². The molecule has 116 valence electrons. The molecule has 0 aliphatic carbocycles. The molecule has 0 atom stereocenters. The predicted octanol–water partition coefficient (Wildman–Crippen LogP) is 1.71. The molecule has 0 saturated carbocycles. The normalized spacial score (nSPS) is 16.1. The summed E-state index contributed by atoms with van der Waals surface area (Å²) in [6.07, 6.45) is 4.33. The van der Waals surface area contributed by atoms with Crippen molar-refractivity contribution >= 4 is 11.9 Å². The molecule has 0 aromatic heterocycles. The van der Waals surface area contributed by atoms with Gasteiger partial charge in [-0.05, 0) is 40.0 Å². The molecule has 1 saturated heterocycles. The second-order valence-corrected chi connectivity index (χ2v) is 6.28. The quantitative estimate of drug-likeness (QED) is 0.596. The number of piperidine rings is 1. The zero-order chi connectivity index (χ0) is 15.0. The Balaban J connectivity index is 2.04. The van der Waals surface area contributed by atoms with Crippen molar-refractivity contribution in [2.75, 3.05) is 26.2 Å². The van der Waals surface area contributed by atoms with Gasteiger partial charge in [-0.15, -0.1) is 0 Å². The molecular weight excluding hydrogens is 256 g/mol. The smallest absolute Gasteiger partial charge is 0.307 e. The fourth-order valence-corrected chi connectivity index (χ4v) is 2.20. The highest BCUT2D eigenvalue weighted by atomic mass is 16.6. The maximum Gasteiger partial charge on any atom is 0.307 e. The third-order valence-electron chi connectivity index (χ3n) is 3.15. The number of hydrogen-bond acceptors (Lipinski definition) is 4. The van der Waals surface area contributed by atoms with Crippen LogP contribution in [0.2, 0.25) is 0 Å². The first-order chi connectivity index (χ1) is 9.38. The van der Waals surface area contributed by atoms with Crippen LogP contribution >= 0.6 is 0 Å². The van der Waals surface area contributed by atoms with Gasteiger partial charge < -0.3 is 15.0 Å². The SMILES string of the molecule is CC(C)(C)OC(=O)CCNCCC(=O)N1CCCCC1. The Morgan fingerprint density at radius 1 is 1.05 bits per heavy atom. The summed E-state index contributed by atoms with van der Waals surface area (Å²) in [4.78, 5) is 25.3. The van der Waals surface area contributed by atoms with Gasteiger partial charge in [0.05, 0.1) is 6.42 Å². The van der Waals surface area contributed by atoms with Gasteiger partial charge in [0.1, 0.15) is 5.60 Å². The summed E-state index contributed by atoms with van der Waals surface area (Å²) >= 11 is 0. The van der Waals surface area contributed by atoms with Gasteiger partial charge >= 0.3 is 5.97 Å². The second kappa shape index (κ2) is 8.25. The third kappa shape index (κ3) is 7.48. The first kappa shape index (κ1) is 17.0. The van der Waals surface area contributed by atoms with Gasteiger partial charge in [-0.25, -0.2) is 0 Å². The number of carbonyl (C=O) groups is 2. The van der Waals surface area contributed by atoms with Crippen molar-refractivity contribution in [3.8, 4) is 0 Å². The van der Waals surface area contributed by atoms with E-state index in [2.05, 4.69) is 5.32 Å². The lowest BCUT2D eigenvalue weighted by Gasteiger charge is -2.26. The first-order valence-electron chi connectivity index (χ1n) is 7.59. The Labute approximate surface area is 122 Å². The first-order valence-corrected chi connectivity index (χ1v) is 7.59. The van der Waals surface area contributed by atoms with E-state index in [9.17, 15) is 9.59 Å². The molecule has 0 aromatic carbocycles. The minimum Gasteiger partial charge on any atom is -0.460 e. The molecule has 5 nitrogen and oxygen atoms in total. The van der Waals surface area contributed by atoms with E-state index < -0.39 is 5.60 Å². The van der Waals surface area contributed by atoms with Gasteiger partial charge in [0.15, 0.2) is 0 Å². The summed E-state index contributed by atoms with van der Waals surface area (Å²) in [6, 6.07) is 0. The minimum atomic E-state index is -0.429. The van der Waals surface area contributed by atoms with Gasteiger partial charge in [-0.2, -0.15) is 0 Å². The Morgan fingerprint density at radius 2 is 1.65 bits per heavy atom. The number of esters is 1. The topological polar surface area (TPSA) is 58.6 Å². The van der Waals surface area contributed by atoms with Crippen molar-refractivity contribution in [2.45, 2.75) is 58.5 Å². The number of nitrogens with zero attached hydrogens (tertiary/aromatic N) is 1. The highest BCUT2D eigenvalue weighted by molar-refractivity contribution is 5.76. The van der Waals surface area contributed by atoms with E-state index in [0.717, 1.165) is 25.9 Å². The Bertz CT molecular complexity index is 318. The van der Waals surface area contributed by atoms with E-state index in [1.165, 1.54) is 6.42 Å². The van der Waals surface area contributed by atoms with Gasteiger partial charge in [0.2, 0.25) is 5.91 Å². The summed E-state index contributed by atoms with van der Waals surface area (Å²) in [5.41, 5.74) is -0.429. The molecule has 0 radical (unpaired) electrons. The molecule has 1 aliphatic heterocycles. The van der Waals surface area contributed by atoms with Crippen LogP contribution < -0.4 is 5.32 Å². The molecule has 1 aliphatic rings. The third-order valence-corrected chi connectivity index (χ3v) is 3.15. The largest absolute Gasteiger partial charge is 0.460 e. The van der Waals surface area contributed by atoms with Crippen molar-refractivity contribution in [3.63, 3.8) is 0 Å². The van der Waals surface area contributed by atoms with Crippen molar-refractivity contribution < 1.29 is 14.3 Å². The lowest BCUT2D eigenvalue weighted by atomic mass is 10.1. The van der Waals surface area contributed by atoms with E-state index in [-0.39, 0.29) is 11.9 Å². The van der Waals surface area contributed by atoms with Crippen molar-refractivity contribution in [3.05, 3.63) is 0 Å². The van der Waals surface area contributed by atoms with Crippen LogP contribution in [0.15, 0.2) is 0 Å². The minimum absolute atomic E-state index is 0.202. The van der Waals surface area contributed by atoms with Crippen molar-refractivity contribution in [1.82, 2.24) is 10.2 Å². The number of nitrogens with one attached hydrogen (secondary N) is 1. The summed E-state index contributed by atoms with van der Waals surface area (Å²) in [5.74, 6) is 0.0156. The van der Waals surface area contributed by atoms with Crippen molar-refractivity contribution in [1.29, 1.82) is 0 Å². The molecule has 20 heavy (non-hydrogen) atoms. The average molecular weight is 284 g/mol. The predicted molar refractivity (Wildman–Crippen MR) is 78.4 cm³/mol. The van der Waals surface area contributed by atoms with Crippen LogP contribution in [0.5, 0.6) is 0 Å². The number of hydrogen-bond donors (Lipinski definition) is 1. The molecular formula is C15H28N2O3. The van der Waals surface area contributed by atoms with Crippen LogP contribution in [-0.4, -0.2) is 48.6 Å². The van der Waals surface area contributed by atoms with Crippen LogP contribution in [-0.2, 0) is 14.3 Å². The molecule has 1 heterocycles. The molecule has 1 amide bonds.